The van der Waals surface area contributed by atoms with Crippen LogP contribution in [0.3, 0.4) is 0 Å². The Morgan fingerprint density at radius 1 is 1.58 bits per heavy atom. The lowest BCUT2D eigenvalue weighted by Gasteiger charge is -2.22. The van der Waals surface area contributed by atoms with Gasteiger partial charge >= 0.3 is 0 Å². The Kier molecular flexibility index (Phi) is 2.66. The standard InChI is InChI=1S/C15H16N2O2/c1-3-8-15-9-10(2)19-14(15)17-12-7-5-4-6-11(12)16-13(15)18/h3-7,10H,1,8-9H2,2H3,(H,16,18). The summed E-state index contributed by atoms with van der Waals surface area (Å²) in [7, 11) is 0. The maximum Gasteiger partial charge on any atom is 0.240 e. The predicted molar refractivity (Wildman–Crippen MR) is 74.6 cm³/mol. The molecule has 98 valence electrons. The Morgan fingerprint density at radius 2 is 2.37 bits per heavy atom. The third-order valence-corrected chi connectivity index (χ3v) is 3.66. The molecule has 3 rings (SSSR count). The molecule has 0 aromatic heterocycles. The number of ether oxygens (including phenoxy) is 1. The minimum atomic E-state index is -0.708. The van der Waals surface area contributed by atoms with E-state index < -0.39 is 5.41 Å². The number of carbonyl (C=O) groups is 1. The monoisotopic (exact) mass is 256 g/mol. The first-order valence-electron chi connectivity index (χ1n) is 6.43. The SMILES string of the molecule is C=CCC12CC(C)OC1=Nc1ccccc1NC2=O. The van der Waals surface area contributed by atoms with Gasteiger partial charge in [0.1, 0.15) is 5.41 Å². The number of para-hydroxylation sites is 2. The van der Waals surface area contributed by atoms with Crippen molar-refractivity contribution in [2.45, 2.75) is 25.9 Å². The quantitative estimate of drug-likeness (QED) is 0.827. The fraction of sp³-hybridized carbons (Fsp3) is 0.333. The van der Waals surface area contributed by atoms with Crippen molar-refractivity contribution in [2.75, 3.05) is 5.32 Å². The van der Waals surface area contributed by atoms with Crippen LogP contribution in [0.15, 0.2) is 41.9 Å². The molecule has 1 fully saturated rings. The summed E-state index contributed by atoms with van der Waals surface area (Å²) in [6, 6.07) is 7.50. The van der Waals surface area contributed by atoms with E-state index in [0.29, 0.717) is 18.7 Å². The molecule has 1 saturated heterocycles. The van der Waals surface area contributed by atoms with Gasteiger partial charge in [-0.25, -0.2) is 4.99 Å². The first-order chi connectivity index (χ1) is 9.15. The Hall–Kier alpha value is -2.10. The summed E-state index contributed by atoms with van der Waals surface area (Å²) in [6.07, 6.45) is 2.93. The van der Waals surface area contributed by atoms with Gasteiger partial charge in [0, 0.05) is 6.42 Å². The molecule has 0 spiro atoms. The van der Waals surface area contributed by atoms with Crippen LogP contribution in [0.1, 0.15) is 19.8 Å². The molecule has 0 saturated carbocycles. The number of nitrogens with zero attached hydrogens (tertiary/aromatic N) is 1. The van der Waals surface area contributed by atoms with Gasteiger partial charge in [0.05, 0.1) is 17.5 Å². The number of nitrogens with one attached hydrogen (secondary N) is 1. The number of aliphatic imine (C=N–C) groups is 1. The summed E-state index contributed by atoms with van der Waals surface area (Å²) in [5.41, 5.74) is 0.764. The van der Waals surface area contributed by atoms with E-state index in [4.69, 9.17) is 4.74 Å². The van der Waals surface area contributed by atoms with E-state index in [-0.39, 0.29) is 12.0 Å². The van der Waals surface area contributed by atoms with Crippen LogP contribution in [0.4, 0.5) is 11.4 Å². The second-order valence-corrected chi connectivity index (χ2v) is 5.10. The summed E-state index contributed by atoms with van der Waals surface area (Å²) >= 11 is 0. The number of amides is 1. The number of fused-ring (bicyclic) bond motifs is 2. The smallest absolute Gasteiger partial charge is 0.240 e. The minimum Gasteiger partial charge on any atom is -0.477 e. The molecule has 2 atom stereocenters. The molecular weight excluding hydrogens is 240 g/mol. The van der Waals surface area contributed by atoms with E-state index in [1.54, 1.807) is 6.08 Å². The highest BCUT2D eigenvalue weighted by atomic mass is 16.5. The number of allylic oxidation sites excluding steroid dienone is 1. The van der Waals surface area contributed by atoms with Gasteiger partial charge < -0.3 is 10.1 Å². The fourth-order valence-corrected chi connectivity index (χ4v) is 2.78. The molecule has 4 heteroatoms. The molecule has 4 nitrogen and oxygen atoms in total. The largest absolute Gasteiger partial charge is 0.477 e. The van der Waals surface area contributed by atoms with Crippen molar-refractivity contribution >= 4 is 23.2 Å². The fourth-order valence-electron chi connectivity index (χ4n) is 2.78. The lowest BCUT2D eigenvalue weighted by atomic mass is 9.80. The first-order valence-corrected chi connectivity index (χ1v) is 6.43. The molecule has 1 aromatic carbocycles. The molecule has 2 heterocycles. The van der Waals surface area contributed by atoms with Crippen molar-refractivity contribution in [1.82, 2.24) is 0 Å². The lowest BCUT2D eigenvalue weighted by Crippen LogP contribution is -2.39. The first kappa shape index (κ1) is 12.0. The highest BCUT2D eigenvalue weighted by Crippen LogP contribution is 2.44. The zero-order valence-corrected chi connectivity index (χ0v) is 10.8. The summed E-state index contributed by atoms with van der Waals surface area (Å²) < 4.78 is 5.77. The van der Waals surface area contributed by atoms with Gasteiger partial charge in [-0.15, -0.1) is 6.58 Å². The molecular formula is C15H16N2O2. The molecule has 0 aliphatic carbocycles. The zero-order valence-electron chi connectivity index (χ0n) is 10.8. The van der Waals surface area contributed by atoms with Gasteiger partial charge in [0.2, 0.25) is 11.8 Å². The van der Waals surface area contributed by atoms with Crippen LogP contribution in [0.2, 0.25) is 0 Å². The van der Waals surface area contributed by atoms with Crippen molar-refractivity contribution < 1.29 is 9.53 Å². The van der Waals surface area contributed by atoms with Gasteiger partial charge in [0.15, 0.2) is 0 Å². The van der Waals surface area contributed by atoms with Crippen molar-refractivity contribution in [1.29, 1.82) is 0 Å². The maximum atomic E-state index is 12.6. The number of anilines is 1. The Bertz CT molecular complexity index is 579. The normalized spacial score (nSPS) is 28.4. The van der Waals surface area contributed by atoms with Crippen molar-refractivity contribution in [3.63, 3.8) is 0 Å². The van der Waals surface area contributed by atoms with Gasteiger partial charge in [-0.3, -0.25) is 4.79 Å². The van der Waals surface area contributed by atoms with Crippen LogP contribution in [-0.4, -0.2) is 17.9 Å². The van der Waals surface area contributed by atoms with E-state index in [1.165, 1.54) is 0 Å². The molecule has 2 aliphatic rings. The van der Waals surface area contributed by atoms with Crippen LogP contribution in [-0.2, 0) is 9.53 Å². The number of carbonyl (C=O) groups excluding carboxylic acids is 1. The lowest BCUT2D eigenvalue weighted by molar-refractivity contribution is -0.122. The van der Waals surface area contributed by atoms with Gasteiger partial charge in [-0.2, -0.15) is 0 Å². The third-order valence-electron chi connectivity index (χ3n) is 3.66. The second kappa shape index (κ2) is 4.23. The second-order valence-electron chi connectivity index (χ2n) is 5.10. The van der Waals surface area contributed by atoms with Crippen LogP contribution >= 0.6 is 0 Å². The highest BCUT2D eigenvalue weighted by Gasteiger charge is 2.52. The zero-order chi connectivity index (χ0) is 13.5. The summed E-state index contributed by atoms with van der Waals surface area (Å²) in [4.78, 5) is 17.2. The molecule has 2 aliphatic heterocycles. The van der Waals surface area contributed by atoms with Crippen LogP contribution < -0.4 is 5.32 Å². The average molecular weight is 256 g/mol. The van der Waals surface area contributed by atoms with E-state index in [9.17, 15) is 4.79 Å². The Morgan fingerprint density at radius 3 is 3.16 bits per heavy atom. The third kappa shape index (κ3) is 1.75. The number of benzene rings is 1. The van der Waals surface area contributed by atoms with Gasteiger partial charge in [-0.05, 0) is 25.5 Å². The summed E-state index contributed by atoms with van der Waals surface area (Å²) in [5.74, 6) is 0.461. The average Bonchev–Trinajstić information content (AvgIpc) is 2.64. The molecule has 1 aromatic rings. The molecule has 1 N–H and O–H groups in total. The number of rotatable bonds is 2. The molecule has 0 radical (unpaired) electrons. The minimum absolute atomic E-state index is 0.00490. The Balaban J connectivity index is 2.15. The van der Waals surface area contributed by atoms with Crippen LogP contribution in [0.5, 0.6) is 0 Å². The number of hydrogen-bond donors (Lipinski definition) is 1. The summed E-state index contributed by atoms with van der Waals surface area (Å²) in [5, 5.41) is 2.96. The van der Waals surface area contributed by atoms with Gasteiger partial charge in [-0.1, -0.05) is 18.2 Å². The van der Waals surface area contributed by atoms with E-state index in [2.05, 4.69) is 16.9 Å². The van der Waals surface area contributed by atoms with E-state index in [1.807, 2.05) is 31.2 Å². The van der Waals surface area contributed by atoms with Crippen molar-refractivity contribution in [2.24, 2.45) is 10.4 Å². The van der Waals surface area contributed by atoms with E-state index in [0.717, 1.165) is 11.4 Å². The molecule has 2 unspecified atom stereocenters. The molecule has 1 amide bonds. The highest BCUT2D eigenvalue weighted by molar-refractivity contribution is 6.15. The van der Waals surface area contributed by atoms with Crippen molar-refractivity contribution in [3.05, 3.63) is 36.9 Å². The van der Waals surface area contributed by atoms with Crippen LogP contribution in [0, 0.1) is 5.41 Å². The summed E-state index contributed by atoms with van der Waals surface area (Å²) in [6.45, 7) is 5.72. The maximum absolute atomic E-state index is 12.6. The Labute approximate surface area is 112 Å². The predicted octanol–water partition coefficient (Wildman–Crippen LogP) is 3.04. The molecule has 0 bridgehead atoms. The van der Waals surface area contributed by atoms with Gasteiger partial charge in [0.25, 0.3) is 0 Å². The van der Waals surface area contributed by atoms with Crippen LogP contribution in [0.25, 0.3) is 0 Å². The topological polar surface area (TPSA) is 50.7 Å². The van der Waals surface area contributed by atoms with E-state index >= 15 is 0 Å². The molecule has 19 heavy (non-hydrogen) atoms. The number of hydrogen-bond acceptors (Lipinski definition) is 3. The van der Waals surface area contributed by atoms with Crippen molar-refractivity contribution in [3.8, 4) is 0 Å².